The lowest BCUT2D eigenvalue weighted by Crippen LogP contribution is -2.13. The monoisotopic (exact) mass is 162 g/mol. The molecule has 0 N–H and O–H groups in total. The van der Waals surface area contributed by atoms with E-state index in [0.717, 1.165) is 6.42 Å². The van der Waals surface area contributed by atoms with Crippen molar-refractivity contribution in [3.05, 3.63) is 37.5 Å². The summed E-state index contributed by atoms with van der Waals surface area (Å²) in [7, 11) is 0. The fraction of sp³-hybridized carbons (Fsp3) is 0.455. The lowest BCUT2D eigenvalue weighted by Gasteiger charge is -2.11. The first-order valence-corrected chi connectivity index (χ1v) is 4.44. The van der Waals surface area contributed by atoms with Crippen LogP contribution in [-0.2, 0) is 4.74 Å². The fourth-order valence-electron chi connectivity index (χ4n) is 1.93. The van der Waals surface area contributed by atoms with E-state index in [2.05, 4.69) is 25.3 Å². The highest BCUT2D eigenvalue weighted by Crippen LogP contribution is 2.40. The molecule has 4 atom stereocenters. The maximum Gasteiger partial charge on any atom is 0.103 e. The van der Waals surface area contributed by atoms with Gasteiger partial charge in [-0.1, -0.05) is 24.3 Å². The molecule has 0 bridgehead atoms. The number of ether oxygens (including phenoxy) is 1. The number of allylic oxidation sites excluding steroid dienone is 2. The summed E-state index contributed by atoms with van der Waals surface area (Å²) in [5, 5.41) is 0. The van der Waals surface area contributed by atoms with Crippen LogP contribution in [0.15, 0.2) is 37.5 Å². The molecule has 0 aromatic heterocycles. The molecule has 1 heteroatoms. The highest BCUT2D eigenvalue weighted by Gasteiger charge is 2.44. The van der Waals surface area contributed by atoms with Crippen molar-refractivity contribution in [2.24, 2.45) is 11.8 Å². The van der Waals surface area contributed by atoms with Gasteiger partial charge in [0, 0.05) is 5.92 Å². The Bertz CT molecular complexity index is 229. The Morgan fingerprint density at radius 1 is 1.33 bits per heavy atom. The molecule has 0 saturated carbocycles. The summed E-state index contributed by atoms with van der Waals surface area (Å²) >= 11 is 0. The molecule has 0 aromatic carbocycles. The van der Waals surface area contributed by atoms with E-state index in [1.54, 1.807) is 0 Å². The summed E-state index contributed by atoms with van der Waals surface area (Å²) in [5.74, 6) is 1.13. The third-order valence-corrected chi connectivity index (χ3v) is 2.74. The van der Waals surface area contributed by atoms with E-state index in [0.29, 0.717) is 24.0 Å². The van der Waals surface area contributed by atoms with Gasteiger partial charge in [0.2, 0.25) is 0 Å². The van der Waals surface area contributed by atoms with Gasteiger partial charge in [-0.25, -0.2) is 0 Å². The average Bonchev–Trinajstić information content (AvgIpc) is 2.74. The molecule has 1 aliphatic carbocycles. The fourth-order valence-corrected chi connectivity index (χ4v) is 1.93. The Hall–Kier alpha value is -0.820. The zero-order valence-corrected chi connectivity index (χ0v) is 7.15. The van der Waals surface area contributed by atoms with Crippen LogP contribution >= 0.6 is 0 Å². The quantitative estimate of drug-likeness (QED) is 0.458. The summed E-state index contributed by atoms with van der Waals surface area (Å²) in [4.78, 5) is 0. The Morgan fingerprint density at radius 2 is 2.17 bits per heavy atom. The number of epoxide rings is 1. The third kappa shape index (κ3) is 1.14. The minimum Gasteiger partial charge on any atom is -0.365 e. The van der Waals surface area contributed by atoms with Gasteiger partial charge >= 0.3 is 0 Å². The molecule has 0 radical (unpaired) electrons. The second-order valence-electron chi connectivity index (χ2n) is 3.44. The summed E-state index contributed by atoms with van der Waals surface area (Å²) in [6, 6.07) is 0. The molecule has 2 rings (SSSR count). The molecule has 64 valence electrons. The Kier molecular flexibility index (Phi) is 1.89. The second-order valence-corrected chi connectivity index (χ2v) is 3.44. The largest absolute Gasteiger partial charge is 0.365 e. The number of hydrogen-bond donors (Lipinski definition) is 0. The molecule has 1 heterocycles. The molecule has 0 aromatic rings. The van der Waals surface area contributed by atoms with Crippen LogP contribution in [0.1, 0.15) is 6.42 Å². The van der Waals surface area contributed by atoms with E-state index in [9.17, 15) is 0 Å². The third-order valence-electron chi connectivity index (χ3n) is 2.74. The van der Waals surface area contributed by atoms with Crippen molar-refractivity contribution in [3.63, 3.8) is 0 Å². The van der Waals surface area contributed by atoms with Crippen LogP contribution in [0.2, 0.25) is 0 Å². The molecule has 1 aliphatic heterocycles. The van der Waals surface area contributed by atoms with Gasteiger partial charge in [0.05, 0.1) is 6.10 Å². The second kappa shape index (κ2) is 2.91. The van der Waals surface area contributed by atoms with E-state index in [1.807, 2.05) is 12.2 Å². The van der Waals surface area contributed by atoms with Gasteiger partial charge in [-0.3, -0.25) is 0 Å². The molecule has 12 heavy (non-hydrogen) atoms. The van der Waals surface area contributed by atoms with Gasteiger partial charge in [0.25, 0.3) is 0 Å². The summed E-state index contributed by atoms with van der Waals surface area (Å²) in [6.45, 7) is 7.55. The molecule has 1 saturated heterocycles. The molecule has 0 unspecified atom stereocenters. The molecule has 1 fully saturated rings. The van der Waals surface area contributed by atoms with Gasteiger partial charge < -0.3 is 4.74 Å². The van der Waals surface area contributed by atoms with Gasteiger partial charge in [0.15, 0.2) is 0 Å². The molecular formula is C11H14O. The lowest BCUT2D eigenvalue weighted by molar-refractivity contribution is 0.324. The van der Waals surface area contributed by atoms with Crippen LogP contribution in [-0.4, -0.2) is 12.2 Å². The van der Waals surface area contributed by atoms with Crippen LogP contribution in [0.3, 0.4) is 0 Å². The van der Waals surface area contributed by atoms with E-state index in [-0.39, 0.29) is 0 Å². The summed E-state index contributed by atoms with van der Waals surface area (Å²) < 4.78 is 5.47. The van der Waals surface area contributed by atoms with Gasteiger partial charge in [-0.05, 0) is 12.3 Å². The molecule has 1 nitrogen and oxygen atoms in total. The van der Waals surface area contributed by atoms with Crippen LogP contribution < -0.4 is 0 Å². The predicted octanol–water partition coefficient (Wildman–Crippen LogP) is 2.32. The van der Waals surface area contributed by atoms with Crippen molar-refractivity contribution in [2.75, 3.05) is 0 Å². The van der Waals surface area contributed by atoms with E-state index >= 15 is 0 Å². The zero-order valence-electron chi connectivity index (χ0n) is 7.15. The first-order valence-electron chi connectivity index (χ1n) is 4.44. The summed E-state index contributed by atoms with van der Waals surface area (Å²) in [6.07, 6.45) is 10.2. The normalized spacial score (nSPS) is 44.3. The first-order chi connectivity index (χ1) is 5.86. The Labute approximate surface area is 73.4 Å². The van der Waals surface area contributed by atoms with E-state index in [4.69, 9.17) is 4.74 Å². The van der Waals surface area contributed by atoms with Gasteiger partial charge in [-0.15, -0.1) is 13.2 Å². The van der Waals surface area contributed by atoms with Crippen molar-refractivity contribution < 1.29 is 4.74 Å². The average molecular weight is 162 g/mol. The molecule has 2 aliphatic rings. The Morgan fingerprint density at radius 3 is 2.75 bits per heavy atom. The van der Waals surface area contributed by atoms with Crippen molar-refractivity contribution >= 4 is 0 Å². The lowest BCUT2D eigenvalue weighted by atomic mass is 9.91. The highest BCUT2D eigenvalue weighted by molar-refractivity contribution is 5.15. The topological polar surface area (TPSA) is 12.5 Å². The minimum atomic E-state index is 0.292. The smallest absolute Gasteiger partial charge is 0.103 e. The van der Waals surface area contributed by atoms with E-state index < -0.39 is 0 Å². The van der Waals surface area contributed by atoms with Crippen molar-refractivity contribution in [1.29, 1.82) is 0 Å². The maximum atomic E-state index is 5.47. The van der Waals surface area contributed by atoms with Crippen molar-refractivity contribution in [2.45, 2.75) is 18.6 Å². The molecule has 0 amide bonds. The SMILES string of the molecule is C=C[C@H]1CC=C[C@H]1[C@H]1O[C@@H]1C=C. The Balaban J connectivity index is 1.99. The first kappa shape index (κ1) is 7.81. The summed E-state index contributed by atoms with van der Waals surface area (Å²) in [5.41, 5.74) is 0. The predicted molar refractivity (Wildman–Crippen MR) is 49.8 cm³/mol. The van der Waals surface area contributed by atoms with Crippen molar-refractivity contribution in [3.8, 4) is 0 Å². The number of hydrogen-bond acceptors (Lipinski definition) is 1. The standard InChI is InChI=1S/C11H14O/c1-3-8-6-5-7-9(8)11-10(4-2)12-11/h3-5,7-11H,1-2,6H2/t8-,9+,10+,11+/m0/s1. The molecular weight excluding hydrogens is 148 g/mol. The maximum absolute atomic E-state index is 5.47. The molecule has 0 spiro atoms. The van der Waals surface area contributed by atoms with Crippen LogP contribution in [0.25, 0.3) is 0 Å². The number of rotatable bonds is 3. The van der Waals surface area contributed by atoms with Crippen molar-refractivity contribution in [1.82, 2.24) is 0 Å². The van der Waals surface area contributed by atoms with Gasteiger partial charge in [0.1, 0.15) is 6.10 Å². The van der Waals surface area contributed by atoms with Crippen LogP contribution in [0, 0.1) is 11.8 Å². The van der Waals surface area contributed by atoms with Crippen LogP contribution in [0.5, 0.6) is 0 Å². The van der Waals surface area contributed by atoms with E-state index in [1.165, 1.54) is 0 Å². The zero-order chi connectivity index (χ0) is 8.55. The minimum absolute atomic E-state index is 0.292. The van der Waals surface area contributed by atoms with Gasteiger partial charge in [-0.2, -0.15) is 0 Å². The van der Waals surface area contributed by atoms with Crippen LogP contribution in [0.4, 0.5) is 0 Å². The highest BCUT2D eigenvalue weighted by atomic mass is 16.6.